The molecule has 1 amide bonds. The van der Waals surface area contributed by atoms with E-state index >= 15 is 0 Å². The fourth-order valence-corrected chi connectivity index (χ4v) is 1.80. The van der Waals surface area contributed by atoms with E-state index in [1.165, 1.54) is 4.90 Å². The number of ether oxygens (including phenoxy) is 1. The van der Waals surface area contributed by atoms with Crippen LogP contribution in [0.25, 0.3) is 0 Å². The lowest BCUT2D eigenvalue weighted by molar-refractivity contribution is -0.142. The van der Waals surface area contributed by atoms with Gasteiger partial charge in [-0.2, -0.15) is 0 Å². The highest BCUT2D eigenvalue weighted by Crippen LogP contribution is 2.21. The minimum absolute atomic E-state index is 0.00335. The molecule has 2 N–H and O–H groups in total. The van der Waals surface area contributed by atoms with Crippen molar-refractivity contribution in [1.29, 1.82) is 0 Å². The fourth-order valence-electron chi connectivity index (χ4n) is 1.80. The fraction of sp³-hybridized carbons (Fsp3) is 0.818. The van der Waals surface area contributed by atoms with Gasteiger partial charge in [0, 0.05) is 12.6 Å². The molecule has 0 spiro atoms. The first kappa shape index (κ1) is 13.8. The predicted molar refractivity (Wildman–Crippen MR) is 61.8 cm³/mol. The Morgan fingerprint density at radius 2 is 2.00 bits per heavy atom. The van der Waals surface area contributed by atoms with E-state index < -0.39 is 23.7 Å². The normalized spacial score (nSPS) is 24.8. The molecule has 1 rings (SSSR count). The van der Waals surface area contributed by atoms with Crippen LogP contribution in [0, 0.1) is 0 Å². The van der Waals surface area contributed by atoms with Gasteiger partial charge in [0.2, 0.25) is 0 Å². The van der Waals surface area contributed by atoms with Crippen molar-refractivity contribution in [3.05, 3.63) is 0 Å². The Labute approximate surface area is 101 Å². The average Bonchev–Trinajstić information content (AvgIpc) is 2.58. The van der Waals surface area contributed by atoms with Crippen molar-refractivity contribution >= 4 is 12.1 Å². The number of rotatable bonds is 2. The zero-order valence-corrected chi connectivity index (χ0v) is 10.7. The first-order valence-corrected chi connectivity index (χ1v) is 5.64. The largest absolute Gasteiger partial charge is 0.480 e. The number of amides is 1. The van der Waals surface area contributed by atoms with E-state index in [1.54, 1.807) is 27.8 Å². The van der Waals surface area contributed by atoms with Crippen LogP contribution in [-0.2, 0) is 9.53 Å². The van der Waals surface area contributed by atoms with Gasteiger partial charge in [-0.3, -0.25) is 4.90 Å². The summed E-state index contributed by atoms with van der Waals surface area (Å²) in [6.07, 6.45) is -0.159. The lowest BCUT2D eigenvalue weighted by atomic mass is 10.2. The van der Waals surface area contributed by atoms with E-state index in [0.717, 1.165) is 0 Å². The molecule has 0 unspecified atom stereocenters. The maximum absolute atomic E-state index is 11.8. The summed E-state index contributed by atoms with van der Waals surface area (Å²) in [6, 6.07) is -0.800. The van der Waals surface area contributed by atoms with Gasteiger partial charge in [-0.05, 0) is 34.2 Å². The van der Waals surface area contributed by atoms with Crippen molar-refractivity contribution in [2.45, 2.75) is 44.9 Å². The van der Waals surface area contributed by atoms with Gasteiger partial charge < -0.3 is 15.2 Å². The second-order valence-electron chi connectivity index (χ2n) is 5.21. The third-order valence-electron chi connectivity index (χ3n) is 2.62. The van der Waals surface area contributed by atoms with E-state index in [-0.39, 0.29) is 6.04 Å². The topological polar surface area (TPSA) is 78.9 Å². The molecule has 0 aromatic rings. The van der Waals surface area contributed by atoms with Crippen LogP contribution in [-0.4, -0.2) is 53.3 Å². The van der Waals surface area contributed by atoms with Crippen molar-refractivity contribution in [2.24, 2.45) is 0 Å². The van der Waals surface area contributed by atoms with Crippen molar-refractivity contribution in [3.63, 3.8) is 0 Å². The van der Waals surface area contributed by atoms with Crippen molar-refractivity contribution in [1.82, 2.24) is 10.2 Å². The van der Waals surface area contributed by atoms with Gasteiger partial charge in [-0.25, -0.2) is 9.59 Å². The third kappa shape index (κ3) is 3.59. The van der Waals surface area contributed by atoms with Gasteiger partial charge in [-0.15, -0.1) is 0 Å². The molecule has 6 heteroatoms. The highest BCUT2D eigenvalue weighted by molar-refractivity contribution is 5.81. The minimum Gasteiger partial charge on any atom is -0.480 e. The van der Waals surface area contributed by atoms with E-state index in [1.807, 2.05) is 0 Å². The summed E-state index contributed by atoms with van der Waals surface area (Å²) in [4.78, 5) is 24.2. The monoisotopic (exact) mass is 244 g/mol. The Balaban J connectivity index is 2.73. The molecule has 1 saturated heterocycles. The van der Waals surface area contributed by atoms with Crippen LogP contribution in [0.4, 0.5) is 4.79 Å². The van der Waals surface area contributed by atoms with E-state index in [9.17, 15) is 9.59 Å². The molecule has 0 bridgehead atoms. The number of hydrogen-bond donors (Lipinski definition) is 2. The average molecular weight is 244 g/mol. The van der Waals surface area contributed by atoms with Crippen molar-refractivity contribution in [3.8, 4) is 0 Å². The van der Waals surface area contributed by atoms with Crippen LogP contribution in [0.15, 0.2) is 0 Å². The van der Waals surface area contributed by atoms with Crippen molar-refractivity contribution in [2.75, 3.05) is 13.6 Å². The minimum atomic E-state index is -0.992. The Morgan fingerprint density at radius 1 is 1.41 bits per heavy atom. The number of nitrogens with one attached hydrogen (secondary N) is 1. The van der Waals surface area contributed by atoms with Gasteiger partial charge in [0.15, 0.2) is 0 Å². The maximum Gasteiger partial charge on any atom is 0.411 e. The summed E-state index contributed by atoms with van der Waals surface area (Å²) in [6.45, 7) is 5.63. The van der Waals surface area contributed by atoms with Crippen LogP contribution in [0.2, 0.25) is 0 Å². The summed E-state index contributed by atoms with van der Waals surface area (Å²) < 4.78 is 5.19. The molecule has 17 heavy (non-hydrogen) atoms. The number of hydrogen-bond acceptors (Lipinski definition) is 4. The van der Waals surface area contributed by atoms with E-state index in [2.05, 4.69) is 5.32 Å². The molecule has 1 fully saturated rings. The molecular formula is C11H20N2O4. The molecule has 1 heterocycles. The number of carbonyl (C=O) groups excluding carboxylic acids is 1. The maximum atomic E-state index is 11.8. The molecule has 0 aromatic heterocycles. The van der Waals surface area contributed by atoms with Crippen molar-refractivity contribution < 1.29 is 19.4 Å². The van der Waals surface area contributed by atoms with Gasteiger partial charge in [0.05, 0.1) is 0 Å². The van der Waals surface area contributed by atoms with Crippen LogP contribution < -0.4 is 5.32 Å². The molecule has 98 valence electrons. The van der Waals surface area contributed by atoms with Crippen LogP contribution in [0.1, 0.15) is 27.2 Å². The number of likely N-dealkylation sites (tertiary alicyclic amines) is 1. The van der Waals surface area contributed by atoms with E-state index in [0.29, 0.717) is 13.0 Å². The Kier molecular flexibility index (Phi) is 3.98. The molecule has 1 aliphatic rings. The highest BCUT2D eigenvalue weighted by atomic mass is 16.6. The Morgan fingerprint density at radius 3 is 2.41 bits per heavy atom. The molecule has 0 radical (unpaired) electrons. The number of nitrogens with zero attached hydrogens (tertiary/aromatic N) is 1. The lowest BCUT2D eigenvalue weighted by Gasteiger charge is -2.26. The highest BCUT2D eigenvalue weighted by Gasteiger charge is 2.40. The summed E-state index contributed by atoms with van der Waals surface area (Å²) in [7, 11) is 1.75. The van der Waals surface area contributed by atoms with Gasteiger partial charge in [-0.1, -0.05) is 0 Å². The van der Waals surface area contributed by atoms with Gasteiger partial charge in [0.25, 0.3) is 0 Å². The second-order valence-corrected chi connectivity index (χ2v) is 5.21. The smallest absolute Gasteiger partial charge is 0.411 e. The number of carboxylic acid groups (broad SMARTS) is 1. The number of carbonyl (C=O) groups is 2. The molecule has 6 nitrogen and oxygen atoms in total. The Hall–Kier alpha value is -1.30. The molecule has 0 aromatic carbocycles. The zero-order valence-electron chi connectivity index (χ0n) is 10.7. The Bertz CT molecular complexity index is 311. The quantitative estimate of drug-likeness (QED) is 0.746. The standard InChI is InChI=1S/C11H20N2O4/c1-11(2,3)17-10(16)13-6-7(12-4)5-8(13)9(14)15/h7-8,12H,5-6H2,1-4H3,(H,14,15)/t7-,8+/m0/s1. The zero-order chi connectivity index (χ0) is 13.2. The molecule has 1 aliphatic heterocycles. The molecular weight excluding hydrogens is 224 g/mol. The predicted octanol–water partition coefficient (Wildman–Crippen LogP) is 0.668. The van der Waals surface area contributed by atoms with Crippen LogP contribution in [0.3, 0.4) is 0 Å². The number of carboxylic acids is 1. The number of aliphatic carboxylic acids is 1. The van der Waals surface area contributed by atoms with Gasteiger partial charge >= 0.3 is 12.1 Å². The summed E-state index contributed by atoms with van der Waals surface area (Å²) in [5, 5.41) is 12.1. The summed E-state index contributed by atoms with van der Waals surface area (Å²) >= 11 is 0. The second kappa shape index (κ2) is 4.91. The molecule has 0 saturated carbocycles. The lowest BCUT2D eigenvalue weighted by Crippen LogP contribution is -2.43. The van der Waals surface area contributed by atoms with Crippen LogP contribution in [0.5, 0.6) is 0 Å². The summed E-state index contributed by atoms with van der Waals surface area (Å²) in [5.74, 6) is -0.992. The molecule has 0 aliphatic carbocycles. The number of likely N-dealkylation sites (N-methyl/N-ethyl adjacent to an activating group) is 1. The summed E-state index contributed by atoms with van der Waals surface area (Å²) in [5.41, 5.74) is -0.613. The SMILES string of the molecule is CN[C@H]1C[C@H](C(=O)O)N(C(=O)OC(C)(C)C)C1. The van der Waals surface area contributed by atoms with E-state index in [4.69, 9.17) is 9.84 Å². The molecule has 2 atom stereocenters. The first-order chi connectivity index (χ1) is 7.74. The third-order valence-corrected chi connectivity index (χ3v) is 2.62. The van der Waals surface area contributed by atoms with Gasteiger partial charge in [0.1, 0.15) is 11.6 Å². The van der Waals surface area contributed by atoms with Crippen LogP contribution >= 0.6 is 0 Å². The first-order valence-electron chi connectivity index (χ1n) is 5.64.